The van der Waals surface area contributed by atoms with Gasteiger partial charge in [0.1, 0.15) is 19.1 Å². The zero-order valence-electron chi connectivity index (χ0n) is 9.34. The molecule has 1 rings (SSSR count). The molecule has 0 unspecified atom stereocenters. The first-order valence-electron chi connectivity index (χ1n) is 4.67. The number of nitrogens with one attached hydrogen (secondary N) is 1. The second-order valence-electron chi connectivity index (χ2n) is 3.09. The summed E-state index contributed by atoms with van der Waals surface area (Å²) in [4.78, 5) is 30.7. The van der Waals surface area contributed by atoms with Crippen LogP contribution >= 0.6 is 11.3 Å². The average Bonchev–Trinajstić information content (AvgIpc) is 2.72. The summed E-state index contributed by atoms with van der Waals surface area (Å²) in [7, 11) is 1.31. The van der Waals surface area contributed by atoms with E-state index in [2.05, 4.69) is 20.3 Å². The first-order chi connectivity index (χ1) is 8.08. The lowest BCUT2D eigenvalue weighted by Crippen LogP contribution is -2.39. The van der Waals surface area contributed by atoms with Crippen LogP contribution in [0.1, 0.15) is 12.6 Å². The minimum atomic E-state index is -0.611. The number of nitrogens with two attached hydrogens (primary N) is 1. The second-order valence-corrected chi connectivity index (χ2v) is 3.98. The van der Waals surface area contributed by atoms with Crippen molar-refractivity contribution in [2.45, 2.75) is 13.0 Å². The summed E-state index contributed by atoms with van der Waals surface area (Å²) in [5.41, 5.74) is 5.75. The molecule has 0 saturated heterocycles. The number of rotatable bonds is 5. The molecule has 1 amide bonds. The van der Waals surface area contributed by atoms with E-state index in [9.17, 15) is 9.59 Å². The van der Waals surface area contributed by atoms with Gasteiger partial charge in [-0.05, 0) is 6.92 Å². The minimum absolute atomic E-state index is 0.0193. The molecule has 0 spiro atoms. The van der Waals surface area contributed by atoms with Gasteiger partial charge in [-0.15, -0.1) is 11.3 Å². The van der Waals surface area contributed by atoms with E-state index >= 15 is 0 Å². The molecule has 92 valence electrons. The minimum Gasteiger partial charge on any atom is -0.398 e. The summed E-state index contributed by atoms with van der Waals surface area (Å²) in [6, 6.07) is -0.611. The Labute approximate surface area is 102 Å². The van der Waals surface area contributed by atoms with Gasteiger partial charge in [-0.2, -0.15) is 0 Å². The third-order valence-corrected chi connectivity index (χ3v) is 2.40. The maximum atomic E-state index is 11.8. The summed E-state index contributed by atoms with van der Waals surface area (Å²) in [5, 5.41) is 7.90. The van der Waals surface area contributed by atoms with Crippen LogP contribution in [0.5, 0.6) is 0 Å². The molecule has 1 aromatic heterocycles. The van der Waals surface area contributed by atoms with E-state index in [0.29, 0.717) is 17.1 Å². The van der Waals surface area contributed by atoms with Crippen molar-refractivity contribution in [1.82, 2.24) is 10.3 Å². The Morgan fingerprint density at radius 3 is 2.94 bits per heavy atom. The normalized spacial score (nSPS) is 12.9. The van der Waals surface area contributed by atoms with Gasteiger partial charge >= 0.3 is 0 Å². The van der Waals surface area contributed by atoms with Crippen molar-refractivity contribution in [2.75, 3.05) is 12.8 Å². The zero-order valence-corrected chi connectivity index (χ0v) is 10.2. The van der Waals surface area contributed by atoms with Crippen LogP contribution in [-0.4, -0.2) is 36.0 Å². The van der Waals surface area contributed by atoms with Crippen molar-refractivity contribution >= 4 is 34.4 Å². The number of thiazole rings is 1. The van der Waals surface area contributed by atoms with E-state index in [1.165, 1.54) is 18.4 Å². The van der Waals surface area contributed by atoms with Crippen molar-refractivity contribution in [3.05, 3.63) is 11.1 Å². The molecule has 0 aliphatic carbocycles. The number of hydrogen-bond donors (Lipinski definition) is 2. The molecule has 0 aliphatic heterocycles. The number of amides is 1. The van der Waals surface area contributed by atoms with E-state index in [0.717, 1.165) is 0 Å². The molecule has 3 N–H and O–H groups in total. The van der Waals surface area contributed by atoms with Gasteiger partial charge in [-0.25, -0.2) is 4.98 Å². The van der Waals surface area contributed by atoms with Crippen molar-refractivity contribution in [2.24, 2.45) is 5.16 Å². The van der Waals surface area contributed by atoms with E-state index in [4.69, 9.17) is 5.73 Å². The Kier molecular flexibility index (Phi) is 4.58. The molecule has 8 heteroatoms. The molecule has 0 saturated carbocycles. The van der Waals surface area contributed by atoms with Crippen LogP contribution in [0.2, 0.25) is 0 Å². The van der Waals surface area contributed by atoms with Crippen LogP contribution < -0.4 is 11.1 Å². The number of oxime groups is 1. The molecule has 0 fully saturated rings. The Morgan fingerprint density at radius 1 is 1.76 bits per heavy atom. The summed E-state index contributed by atoms with van der Waals surface area (Å²) < 4.78 is 0. The van der Waals surface area contributed by atoms with Gasteiger partial charge in [0.25, 0.3) is 5.91 Å². The summed E-state index contributed by atoms with van der Waals surface area (Å²) in [6.45, 7) is 1.55. The topological polar surface area (TPSA) is 107 Å². The van der Waals surface area contributed by atoms with Crippen molar-refractivity contribution in [3.63, 3.8) is 0 Å². The summed E-state index contributed by atoms with van der Waals surface area (Å²) in [5.74, 6) is -0.545. The van der Waals surface area contributed by atoms with Crippen LogP contribution in [0.4, 0.5) is 5.13 Å². The summed E-state index contributed by atoms with van der Waals surface area (Å²) in [6.07, 6.45) is 0.609. The molecule has 1 heterocycles. The SMILES string of the molecule is CO/N=C(\C(=O)N[C@H](C)C=O)c1csc(N)n1. The number of nitrogens with zero attached hydrogens (tertiary/aromatic N) is 2. The van der Waals surface area contributed by atoms with Crippen LogP contribution in [0, 0.1) is 0 Å². The second kappa shape index (κ2) is 5.94. The van der Waals surface area contributed by atoms with Gasteiger partial charge in [0.2, 0.25) is 0 Å². The standard InChI is InChI=1S/C9H12N4O3S/c1-5(3-14)11-8(15)7(13-16-2)6-4-17-9(10)12-6/h3-5H,1-2H3,(H2,10,12)(H,11,15)/b13-7-/t5-/m1/s1. The van der Waals surface area contributed by atoms with Crippen molar-refractivity contribution in [1.29, 1.82) is 0 Å². The smallest absolute Gasteiger partial charge is 0.276 e. The Balaban J connectivity index is 2.91. The summed E-state index contributed by atoms with van der Waals surface area (Å²) >= 11 is 1.18. The largest absolute Gasteiger partial charge is 0.398 e. The molecular formula is C9H12N4O3S. The van der Waals surface area contributed by atoms with Crippen molar-refractivity contribution in [3.8, 4) is 0 Å². The highest BCUT2D eigenvalue weighted by Gasteiger charge is 2.19. The quantitative estimate of drug-likeness (QED) is 0.430. The van der Waals surface area contributed by atoms with E-state index in [-0.39, 0.29) is 5.71 Å². The molecule has 0 aromatic carbocycles. The fourth-order valence-electron chi connectivity index (χ4n) is 1.00. The number of carbonyl (C=O) groups excluding carboxylic acids is 2. The van der Waals surface area contributed by atoms with Gasteiger partial charge in [-0.1, -0.05) is 5.16 Å². The molecule has 1 atom stereocenters. The Bertz CT molecular complexity index is 443. The highest BCUT2D eigenvalue weighted by Crippen LogP contribution is 2.12. The van der Waals surface area contributed by atoms with Gasteiger partial charge in [0.15, 0.2) is 10.8 Å². The monoisotopic (exact) mass is 256 g/mol. The molecule has 1 aromatic rings. The first-order valence-corrected chi connectivity index (χ1v) is 5.55. The van der Waals surface area contributed by atoms with Gasteiger partial charge in [0, 0.05) is 5.38 Å². The predicted molar refractivity (Wildman–Crippen MR) is 63.7 cm³/mol. The molecule has 7 nitrogen and oxygen atoms in total. The number of aldehydes is 1. The maximum Gasteiger partial charge on any atom is 0.276 e. The lowest BCUT2D eigenvalue weighted by atomic mass is 10.2. The Hall–Kier alpha value is -1.96. The number of hydrogen-bond acceptors (Lipinski definition) is 7. The fraction of sp³-hybridized carbons (Fsp3) is 0.333. The molecule has 0 aliphatic rings. The first kappa shape index (κ1) is 13.1. The van der Waals surface area contributed by atoms with E-state index < -0.39 is 11.9 Å². The van der Waals surface area contributed by atoms with Crippen LogP contribution in [0.25, 0.3) is 0 Å². The maximum absolute atomic E-state index is 11.8. The van der Waals surface area contributed by atoms with E-state index in [1.807, 2.05) is 0 Å². The number of aromatic nitrogens is 1. The molecule has 17 heavy (non-hydrogen) atoms. The third-order valence-electron chi connectivity index (χ3n) is 1.73. The Morgan fingerprint density at radius 2 is 2.47 bits per heavy atom. The molecule has 0 bridgehead atoms. The average molecular weight is 256 g/mol. The number of carbonyl (C=O) groups is 2. The van der Waals surface area contributed by atoms with Crippen LogP contribution in [0.3, 0.4) is 0 Å². The third kappa shape index (κ3) is 3.52. The van der Waals surface area contributed by atoms with Gasteiger partial charge in [0.05, 0.1) is 6.04 Å². The fourth-order valence-corrected chi connectivity index (χ4v) is 1.55. The number of nitrogen functional groups attached to an aromatic ring is 1. The lowest BCUT2D eigenvalue weighted by molar-refractivity contribution is -0.118. The van der Waals surface area contributed by atoms with E-state index in [1.54, 1.807) is 12.3 Å². The lowest BCUT2D eigenvalue weighted by Gasteiger charge is -2.07. The highest BCUT2D eigenvalue weighted by atomic mass is 32.1. The van der Waals surface area contributed by atoms with Gasteiger partial charge < -0.3 is 20.7 Å². The van der Waals surface area contributed by atoms with Crippen LogP contribution in [0.15, 0.2) is 10.5 Å². The van der Waals surface area contributed by atoms with Crippen LogP contribution in [-0.2, 0) is 14.4 Å². The predicted octanol–water partition coefficient (Wildman–Crippen LogP) is -0.221. The number of anilines is 1. The van der Waals surface area contributed by atoms with Gasteiger partial charge in [-0.3, -0.25) is 4.79 Å². The zero-order chi connectivity index (χ0) is 12.8. The highest BCUT2D eigenvalue weighted by molar-refractivity contribution is 7.13. The molecular weight excluding hydrogens is 244 g/mol. The molecule has 0 radical (unpaired) electrons. The van der Waals surface area contributed by atoms with Crippen molar-refractivity contribution < 1.29 is 14.4 Å².